The van der Waals surface area contributed by atoms with E-state index in [9.17, 15) is 13.6 Å². The molecule has 154 valence electrons. The topological polar surface area (TPSA) is 41.6 Å². The van der Waals surface area contributed by atoms with Gasteiger partial charge in [-0.05, 0) is 23.8 Å². The second-order valence-electron chi connectivity index (χ2n) is 7.31. The SMILES string of the molecule is O=C(NCc1ccccc1)c1ccccc1OC1CN(Cc2cccc(F)c2F)C1. The zero-order valence-corrected chi connectivity index (χ0v) is 16.4. The van der Waals surface area contributed by atoms with Crippen molar-refractivity contribution in [3.05, 3.63) is 101 Å². The lowest BCUT2D eigenvalue weighted by molar-refractivity contribution is 0.0133. The zero-order chi connectivity index (χ0) is 20.9. The van der Waals surface area contributed by atoms with E-state index in [1.807, 2.05) is 41.3 Å². The molecule has 0 aliphatic carbocycles. The maximum absolute atomic E-state index is 13.8. The van der Waals surface area contributed by atoms with Gasteiger partial charge in [0.05, 0.1) is 5.56 Å². The Balaban J connectivity index is 1.32. The average Bonchev–Trinajstić information content (AvgIpc) is 2.74. The van der Waals surface area contributed by atoms with Crippen LogP contribution >= 0.6 is 0 Å². The van der Waals surface area contributed by atoms with E-state index in [2.05, 4.69) is 5.32 Å². The lowest BCUT2D eigenvalue weighted by Crippen LogP contribution is -2.53. The number of carbonyl (C=O) groups is 1. The highest BCUT2D eigenvalue weighted by atomic mass is 19.2. The summed E-state index contributed by atoms with van der Waals surface area (Å²) in [6, 6.07) is 21.0. The minimum atomic E-state index is -0.837. The second kappa shape index (κ2) is 9.05. The van der Waals surface area contributed by atoms with Crippen LogP contribution in [0.3, 0.4) is 0 Å². The number of para-hydroxylation sites is 1. The van der Waals surface area contributed by atoms with Crippen LogP contribution in [0.25, 0.3) is 0 Å². The summed E-state index contributed by atoms with van der Waals surface area (Å²) in [5.41, 5.74) is 1.82. The van der Waals surface area contributed by atoms with Gasteiger partial charge in [0.15, 0.2) is 11.6 Å². The number of ether oxygens (including phenoxy) is 1. The van der Waals surface area contributed by atoms with Crippen molar-refractivity contribution in [2.24, 2.45) is 0 Å². The Bertz CT molecular complexity index is 1020. The molecule has 1 aliphatic rings. The molecule has 1 aliphatic heterocycles. The van der Waals surface area contributed by atoms with Crippen molar-refractivity contribution in [2.75, 3.05) is 13.1 Å². The molecule has 1 N–H and O–H groups in total. The molecule has 6 heteroatoms. The van der Waals surface area contributed by atoms with Gasteiger partial charge in [-0.3, -0.25) is 9.69 Å². The molecule has 1 saturated heterocycles. The fourth-order valence-corrected chi connectivity index (χ4v) is 3.45. The maximum atomic E-state index is 13.8. The summed E-state index contributed by atoms with van der Waals surface area (Å²) in [6.07, 6.45) is -0.107. The molecule has 1 fully saturated rings. The molecule has 0 saturated carbocycles. The van der Waals surface area contributed by atoms with Gasteiger partial charge >= 0.3 is 0 Å². The first-order chi connectivity index (χ1) is 14.6. The Morgan fingerprint density at radius 3 is 2.50 bits per heavy atom. The van der Waals surface area contributed by atoms with Gasteiger partial charge in [-0.2, -0.15) is 0 Å². The molecule has 0 radical (unpaired) electrons. The largest absolute Gasteiger partial charge is 0.487 e. The van der Waals surface area contributed by atoms with Crippen molar-refractivity contribution in [3.63, 3.8) is 0 Å². The third kappa shape index (κ3) is 4.66. The number of carbonyl (C=O) groups excluding carboxylic acids is 1. The monoisotopic (exact) mass is 408 g/mol. The standard InChI is InChI=1S/C24H22F2N2O2/c25-21-11-6-9-18(23(21)26)14-28-15-19(16-28)30-22-12-5-4-10-20(22)24(29)27-13-17-7-2-1-3-8-17/h1-12,19H,13-16H2,(H,27,29). The van der Waals surface area contributed by atoms with Crippen LogP contribution in [0, 0.1) is 11.6 Å². The number of benzene rings is 3. The summed E-state index contributed by atoms with van der Waals surface area (Å²) in [7, 11) is 0. The van der Waals surface area contributed by atoms with Gasteiger partial charge in [0.2, 0.25) is 0 Å². The number of likely N-dealkylation sites (tertiary alicyclic amines) is 1. The Morgan fingerprint density at radius 1 is 0.967 bits per heavy atom. The van der Waals surface area contributed by atoms with E-state index >= 15 is 0 Å². The van der Waals surface area contributed by atoms with E-state index in [4.69, 9.17) is 4.74 Å². The number of hydrogen-bond donors (Lipinski definition) is 1. The van der Waals surface area contributed by atoms with Crippen LogP contribution in [0.4, 0.5) is 8.78 Å². The highest BCUT2D eigenvalue weighted by molar-refractivity contribution is 5.96. The van der Waals surface area contributed by atoms with Crippen LogP contribution in [0.5, 0.6) is 5.75 Å². The minimum Gasteiger partial charge on any atom is -0.487 e. The lowest BCUT2D eigenvalue weighted by atomic mass is 10.1. The molecule has 1 amide bonds. The van der Waals surface area contributed by atoms with E-state index in [1.54, 1.807) is 24.3 Å². The zero-order valence-electron chi connectivity index (χ0n) is 16.4. The molecule has 3 aromatic carbocycles. The number of halogens is 2. The lowest BCUT2D eigenvalue weighted by Gasteiger charge is -2.39. The predicted octanol–water partition coefficient (Wildman–Crippen LogP) is 4.16. The van der Waals surface area contributed by atoms with Gasteiger partial charge in [-0.15, -0.1) is 0 Å². The number of hydrogen-bond acceptors (Lipinski definition) is 3. The van der Waals surface area contributed by atoms with Gasteiger partial charge in [-0.25, -0.2) is 8.78 Å². The van der Waals surface area contributed by atoms with Crippen LogP contribution in [0.15, 0.2) is 72.8 Å². The average molecular weight is 408 g/mol. The minimum absolute atomic E-state index is 0.107. The molecule has 30 heavy (non-hydrogen) atoms. The van der Waals surface area contributed by atoms with Gasteiger partial charge in [0.25, 0.3) is 5.91 Å². The molecular formula is C24H22F2N2O2. The van der Waals surface area contributed by atoms with E-state index in [0.717, 1.165) is 11.6 Å². The first-order valence-corrected chi connectivity index (χ1v) is 9.83. The summed E-state index contributed by atoms with van der Waals surface area (Å²) in [5.74, 6) is -1.32. The van der Waals surface area contributed by atoms with Gasteiger partial charge in [0.1, 0.15) is 11.9 Å². The highest BCUT2D eigenvalue weighted by Gasteiger charge is 2.30. The molecule has 4 rings (SSSR count). The Kier molecular flexibility index (Phi) is 6.05. The third-order valence-corrected chi connectivity index (χ3v) is 5.07. The van der Waals surface area contributed by atoms with Crippen LogP contribution in [0.2, 0.25) is 0 Å². The highest BCUT2D eigenvalue weighted by Crippen LogP contribution is 2.24. The molecule has 3 aromatic rings. The molecular weight excluding hydrogens is 386 g/mol. The molecule has 1 heterocycles. The fraction of sp³-hybridized carbons (Fsp3) is 0.208. The molecule has 0 spiro atoms. The number of nitrogens with one attached hydrogen (secondary N) is 1. The first-order valence-electron chi connectivity index (χ1n) is 9.83. The normalized spacial score (nSPS) is 14.2. The van der Waals surface area contributed by atoms with Crippen LogP contribution < -0.4 is 10.1 Å². The summed E-state index contributed by atoms with van der Waals surface area (Å²) in [5, 5.41) is 2.91. The van der Waals surface area contributed by atoms with E-state index < -0.39 is 11.6 Å². The molecule has 0 atom stereocenters. The summed E-state index contributed by atoms with van der Waals surface area (Å²) >= 11 is 0. The Labute approximate surface area is 174 Å². The first kappa shape index (κ1) is 20.0. The van der Waals surface area contributed by atoms with Crippen molar-refractivity contribution in [3.8, 4) is 5.75 Å². The maximum Gasteiger partial charge on any atom is 0.255 e. The van der Waals surface area contributed by atoms with Gasteiger partial charge in [0, 0.05) is 31.7 Å². The number of nitrogens with zero attached hydrogens (tertiary/aromatic N) is 1. The summed E-state index contributed by atoms with van der Waals surface area (Å²) in [4.78, 5) is 14.6. The Morgan fingerprint density at radius 2 is 1.70 bits per heavy atom. The predicted molar refractivity (Wildman–Crippen MR) is 110 cm³/mol. The van der Waals surface area contributed by atoms with Crippen molar-refractivity contribution in [1.82, 2.24) is 10.2 Å². The van der Waals surface area contributed by atoms with Crippen LogP contribution in [-0.4, -0.2) is 30.0 Å². The Hall–Kier alpha value is -3.25. The van der Waals surface area contributed by atoms with Crippen molar-refractivity contribution in [1.29, 1.82) is 0 Å². The van der Waals surface area contributed by atoms with E-state index in [1.165, 1.54) is 6.07 Å². The van der Waals surface area contributed by atoms with Crippen molar-refractivity contribution >= 4 is 5.91 Å². The third-order valence-electron chi connectivity index (χ3n) is 5.07. The van der Waals surface area contributed by atoms with Gasteiger partial charge < -0.3 is 10.1 Å². The van der Waals surface area contributed by atoms with E-state index in [0.29, 0.717) is 43.1 Å². The van der Waals surface area contributed by atoms with Crippen LogP contribution in [-0.2, 0) is 13.1 Å². The second-order valence-corrected chi connectivity index (χ2v) is 7.31. The van der Waals surface area contributed by atoms with Gasteiger partial charge in [-0.1, -0.05) is 54.6 Å². The quantitative estimate of drug-likeness (QED) is 0.638. The smallest absolute Gasteiger partial charge is 0.255 e. The number of amides is 1. The van der Waals surface area contributed by atoms with Crippen molar-refractivity contribution < 1.29 is 18.3 Å². The summed E-state index contributed by atoms with van der Waals surface area (Å²) in [6.45, 7) is 1.92. The van der Waals surface area contributed by atoms with Crippen LogP contribution in [0.1, 0.15) is 21.5 Å². The molecule has 0 unspecified atom stereocenters. The van der Waals surface area contributed by atoms with E-state index in [-0.39, 0.29) is 12.0 Å². The number of rotatable bonds is 7. The molecule has 0 bridgehead atoms. The molecule has 0 aromatic heterocycles. The summed E-state index contributed by atoms with van der Waals surface area (Å²) < 4.78 is 33.2. The molecule has 4 nitrogen and oxygen atoms in total. The fourth-order valence-electron chi connectivity index (χ4n) is 3.45. The van der Waals surface area contributed by atoms with Crippen molar-refractivity contribution in [2.45, 2.75) is 19.2 Å².